The van der Waals surface area contributed by atoms with Crippen molar-refractivity contribution in [3.63, 3.8) is 0 Å². The fourth-order valence-corrected chi connectivity index (χ4v) is 2.39. The number of hydrogen-bond donors (Lipinski definition) is 3. The van der Waals surface area contributed by atoms with Crippen LogP contribution in [0.15, 0.2) is 6.07 Å². The zero-order valence-corrected chi connectivity index (χ0v) is 13.3. The van der Waals surface area contributed by atoms with Gasteiger partial charge in [-0.1, -0.05) is 0 Å². The minimum atomic E-state index is -6.23. The fraction of sp³-hybridized carbons (Fsp3) is 0.500. The number of rotatable bonds is 5. The molecule has 4 N–H and O–H groups in total. The molecule has 12 heteroatoms. The number of carbonyl (C=O) groups is 1. The molecule has 148 valence electrons. The Balaban J connectivity index is 3.84. The Morgan fingerprint density at radius 3 is 2.04 bits per heavy atom. The number of ether oxygens (including phenoxy) is 1. The first-order chi connectivity index (χ1) is 11.6. The largest absolute Gasteiger partial charge is 0.493 e. The van der Waals surface area contributed by atoms with Gasteiger partial charge in [0.1, 0.15) is 6.04 Å². The number of hydrogen-bond acceptors (Lipinski definition) is 4. The summed E-state index contributed by atoms with van der Waals surface area (Å²) < 4.78 is 97.1. The summed E-state index contributed by atoms with van der Waals surface area (Å²) >= 11 is 0. The quantitative estimate of drug-likeness (QED) is 0.669. The monoisotopic (exact) mass is 393 g/mol. The van der Waals surface area contributed by atoms with Crippen LogP contribution in [-0.4, -0.2) is 41.7 Å². The van der Waals surface area contributed by atoms with Crippen molar-refractivity contribution in [2.24, 2.45) is 5.73 Å². The standard InChI is InChI=1S/C14H14F7NO4/c1-5-6(3-9(22)11(23)24)10(26-2)8(15)4-7(5)12(25,13(16,17)18)14(19,20)21/h4,9,25H,3,22H2,1-2H3,(H,23,24). The Labute approximate surface area is 142 Å². The minimum Gasteiger partial charge on any atom is -0.493 e. The van der Waals surface area contributed by atoms with Crippen LogP contribution in [0.1, 0.15) is 16.7 Å². The van der Waals surface area contributed by atoms with E-state index in [1.54, 1.807) is 0 Å². The van der Waals surface area contributed by atoms with Gasteiger partial charge in [0.15, 0.2) is 11.6 Å². The molecular weight excluding hydrogens is 379 g/mol. The highest BCUT2D eigenvalue weighted by molar-refractivity contribution is 5.74. The molecule has 1 atom stereocenters. The first kappa shape index (κ1) is 22.0. The Kier molecular flexibility index (Phi) is 5.84. The number of alkyl halides is 6. The number of halogens is 7. The van der Waals surface area contributed by atoms with Crippen LogP contribution in [0.2, 0.25) is 0 Å². The van der Waals surface area contributed by atoms with E-state index < -0.39 is 64.6 Å². The maximum Gasteiger partial charge on any atom is 0.430 e. The molecule has 1 rings (SSSR count). The van der Waals surface area contributed by atoms with Gasteiger partial charge < -0.3 is 20.7 Å². The van der Waals surface area contributed by atoms with Crippen LogP contribution < -0.4 is 10.5 Å². The van der Waals surface area contributed by atoms with Crippen LogP contribution in [-0.2, 0) is 16.8 Å². The smallest absolute Gasteiger partial charge is 0.430 e. The van der Waals surface area contributed by atoms with Gasteiger partial charge in [0.05, 0.1) is 7.11 Å². The molecule has 5 nitrogen and oxygen atoms in total. The van der Waals surface area contributed by atoms with E-state index in [0.29, 0.717) is 0 Å². The van der Waals surface area contributed by atoms with E-state index in [9.17, 15) is 40.6 Å². The lowest BCUT2D eigenvalue weighted by molar-refractivity contribution is -0.376. The number of benzene rings is 1. The highest BCUT2D eigenvalue weighted by atomic mass is 19.4. The van der Waals surface area contributed by atoms with Crippen molar-refractivity contribution in [2.75, 3.05) is 7.11 Å². The molecule has 0 heterocycles. The SMILES string of the molecule is COc1c(F)cc(C(O)(C(F)(F)F)C(F)(F)F)c(C)c1CC(N)C(=O)O. The maximum atomic E-state index is 14.1. The summed E-state index contributed by atoms with van der Waals surface area (Å²) in [4.78, 5) is 10.8. The van der Waals surface area contributed by atoms with Crippen molar-refractivity contribution in [1.82, 2.24) is 0 Å². The zero-order chi connectivity index (χ0) is 20.7. The molecule has 0 aliphatic rings. The number of methoxy groups -OCH3 is 1. The molecule has 26 heavy (non-hydrogen) atoms. The second-order valence-corrected chi connectivity index (χ2v) is 5.40. The van der Waals surface area contributed by atoms with E-state index in [-0.39, 0.29) is 6.07 Å². The third-order valence-electron chi connectivity index (χ3n) is 3.77. The molecule has 1 aromatic carbocycles. The van der Waals surface area contributed by atoms with Crippen molar-refractivity contribution in [2.45, 2.75) is 37.3 Å². The summed E-state index contributed by atoms with van der Waals surface area (Å²) in [6.45, 7) is 0.740. The van der Waals surface area contributed by atoms with Crippen molar-refractivity contribution < 1.29 is 50.5 Å². The van der Waals surface area contributed by atoms with Gasteiger partial charge in [0, 0.05) is 17.5 Å². The molecule has 0 saturated heterocycles. The van der Waals surface area contributed by atoms with Crippen LogP contribution in [0.5, 0.6) is 5.75 Å². The lowest BCUT2D eigenvalue weighted by Crippen LogP contribution is -2.54. The molecule has 1 aromatic rings. The predicted molar refractivity (Wildman–Crippen MR) is 73.0 cm³/mol. The number of carboxylic acid groups (broad SMARTS) is 1. The minimum absolute atomic E-state index is 0.148. The summed E-state index contributed by atoms with van der Waals surface area (Å²) in [6.07, 6.45) is -13.3. The van der Waals surface area contributed by atoms with Crippen molar-refractivity contribution in [3.8, 4) is 5.75 Å². The molecule has 0 bridgehead atoms. The zero-order valence-electron chi connectivity index (χ0n) is 13.3. The Bertz CT molecular complexity index is 686. The number of carboxylic acids is 1. The average Bonchev–Trinajstić information content (AvgIpc) is 2.47. The molecule has 1 unspecified atom stereocenters. The molecule has 0 aliphatic carbocycles. The lowest BCUT2D eigenvalue weighted by Gasteiger charge is -2.34. The fourth-order valence-electron chi connectivity index (χ4n) is 2.39. The van der Waals surface area contributed by atoms with E-state index in [2.05, 4.69) is 4.74 Å². The lowest BCUT2D eigenvalue weighted by atomic mass is 9.84. The molecule has 0 aromatic heterocycles. The van der Waals surface area contributed by atoms with Gasteiger partial charge in [-0.05, 0) is 18.6 Å². The highest BCUT2D eigenvalue weighted by Crippen LogP contribution is 2.52. The van der Waals surface area contributed by atoms with Crippen molar-refractivity contribution >= 4 is 5.97 Å². The van der Waals surface area contributed by atoms with Gasteiger partial charge in [-0.3, -0.25) is 4.79 Å². The van der Waals surface area contributed by atoms with E-state index in [0.717, 1.165) is 14.0 Å². The Morgan fingerprint density at radius 2 is 1.69 bits per heavy atom. The molecular formula is C14H14F7NO4. The van der Waals surface area contributed by atoms with Gasteiger partial charge >= 0.3 is 18.3 Å². The average molecular weight is 393 g/mol. The Hall–Kier alpha value is -2.08. The predicted octanol–water partition coefficient (Wildman–Crippen LogP) is 2.41. The molecule has 0 saturated carbocycles. The second-order valence-electron chi connectivity index (χ2n) is 5.40. The number of nitrogens with two attached hydrogens (primary N) is 1. The van der Waals surface area contributed by atoms with Crippen LogP contribution in [0.3, 0.4) is 0 Å². The van der Waals surface area contributed by atoms with E-state index in [1.807, 2.05) is 0 Å². The molecule has 0 radical (unpaired) electrons. The maximum absolute atomic E-state index is 14.1. The van der Waals surface area contributed by atoms with Crippen molar-refractivity contribution in [1.29, 1.82) is 0 Å². The van der Waals surface area contributed by atoms with Gasteiger partial charge in [0.25, 0.3) is 5.60 Å². The third kappa shape index (κ3) is 3.56. The highest BCUT2D eigenvalue weighted by Gasteiger charge is 2.72. The molecule has 0 fully saturated rings. The Morgan fingerprint density at radius 1 is 1.23 bits per heavy atom. The van der Waals surface area contributed by atoms with E-state index in [4.69, 9.17) is 10.8 Å². The number of aliphatic hydroxyl groups is 1. The summed E-state index contributed by atoms with van der Waals surface area (Å²) in [5, 5.41) is 18.3. The molecule has 0 aliphatic heterocycles. The summed E-state index contributed by atoms with van der Waals surface area (Å²) in [6, 6.07) is -1.91. The van der Waals surface area contributed by atoms with Crippen LogP contribution >= 0.6 is 0 Å². The van der Waals surface area contributed by atoms with Crippen molar-refractivity contribution in [3.05, 3.63) is 28.6 Å². The van der Waals surface area contributed by atoms with Gasteiger partial charge in [0.2, 0.25) is 0 Å². The van der Waals surface area contributed by atoms with Crippen LogP contribution in [0.4, 0.5) is 30.7 Å². The molecule has 0 amide bonds. The van der Waals surface area contributed by atoms with Gasteiger partial charge in [-0.2, -0.15) is 26.3 Å². The normalized spacial score (nSPS) is 14.3. The number of aliphatic carboxylic acids is 1. The summed E-state index contributed by atoms with van der Waals surface area (Å²) in [5.41, 5.74) is -3.45. The van der Waals surface area contributed by atoms with Crippen LogP contribution in [0, 0.1) is 12.7 Å². The van der Waals surface area contributed by atoms with E-state index >= 15 is 0 Å². The third-order valence-corrected chi connectivity index (χ3v) is 3.77. The summed E-state index contributed by atoms with van der Waals surface area (Å²) in [5.74, 6) is -4.04. The first-order valence-corrected chi connectivity index (χ1v) is 6.80. The molecule has 0 spiro atoms. The van der Waals surface area contributed by atoms with Crippen LogP contribution in [0.25, 0.3) is 0 Å². The second kappa shape index (κ2) is 6.91. The summed E-state index contributed by atoms with van der Waals surface area (Å²) in [7, 11) is 0.882. The topological polar surface area (TPSA) is 92.8 Å². The van der Waals surface area contributed by atoms with Gasteiger partial charge in [-0.25, -0.2) is 4.39 Å². The van der Waals surface area contributed by atoms with Gasteiger partial charge in [-0.15, -0.1) is 0 Å². The first-order valence-electron chi connectivity index (χ1n) is 6.80. The van der Waals surface area contributed by atoms with E-state index in [1.165, 1.54) is 0 Å².